The van der Waals surface area contributed by atoms with Crippen molar-refractivity contribution < 1.29 is 9.18 Å². The number of aryl methyl sites for hydroxylation is 2. The molecular formula is C20H21FN2OS2. The van der Waals surface area contributed by atoms with E-state index >= 15 is 0 Å². The summed E-state index contributed by atoms with van der Waals surface area (Å²) in [6.45, 7) is 2.95. The molecule has 0 unspecified atom stereocenters. The summed E-state index contributed by atoms with van der Waals surface area (Å²) in [6, 6.07) is 12.4. The molecule has 0 aliphatic heterocycles. The largest absolute Gasteiger partial charge is 0.316 e. The smallest absolute Gasteiger partial charge is 0.252 e. The van der Waals surface area contributed by atoms with Crippen molar-refractivity contribution in [1.29, 1.82) is 0 Å². The molecule has 2 aromatic carbocycles. The minimum atomic E-state index is -0.302. The fourth-order valence-corrected chi connectivity index (χ4v) is 4.25. The standard InChI is InChI=1S/C20H21FN2OS2/c1-3-14-6-9-17-18(12-14)26-20(23(17)10-11-25-2)22-19(24)13-15-4-7-16(21)8-5-15/h4-9,12H,3,10-11,13H2,1-2H3. The highest BCUT2D eigenvalue weighted by molar-refractivity contribution is 7.98. The number of hydrogen-bond acceptors (Lipinski definition) is 3. The van der Waals surface area contributed by atoms with E-state index in [1.807, 2.05) is 0 Å². The third kappa shape index (κ3) is 4.43. The highest BCUT2D eigenvalue weighted by atomic mass is 32.2. The van der Waals surface area contributed by atoms with Crippen LogP contribution in [0.5, 0.6) is 0 Å². The van der Waals surface area contributed by atoms with E-state index in [0.29, 0.717) is 0 Å². The molecule has 0 aliphatic carbocycles. The zero-order chi connectivity index (χ0) is 18.5. The van der Waals surface area contributed by atoms with E-state index in [-0.39, 0.29) is 18.1 Å². The summed E-state index contributed by atoms with van der Waals surface area (Å²) in [4.78, 5) is 17.5. The van der Waals surface area contributed by atoms with Crippen molar-refractivity contribution >= 4 is 39.2 Å². The zero-order valence-corrected chi connectivity index (χ0v) is 16.5. The number of carbonyl (C=O) groups excluding carboxylic acids is 1. The van der Waals surface area contributed by atoms with Crippen molar-refractivity contribution in [3.8, 4) is 0 Å². The Kier molecular flexibility index (Phi) is 6.27. The van der Waals surface area contributed by atoms with Crippen LogP contribution in [0.1, 0.15) is 18.1 Å². The van der Waals surface area contributed by atoms with Crippen LogP contribution in [0, 0.1) is 5.82 Å². The molecule has 3 nitrogen and oxygen atoms in total. The third-order valence-electron chi connectivity index (χ3n) is 4.16. The van der Waals surface area contributed by atoms with Crippen LogP contribution in [-0.2, 0) is 24.2 Å². The minimum Gasteiger partial charge on any atom is -0.316 e. The van der Waals surface area contributed by atoms with Gasteiger partial charge < -0.3 is 4.57 Å². The molecule has 0 atom stereocenters. The van der Waals surface area contributed by atoms with Gasteiger partial charge in [0.2, 0.25) is 0 Å². The van der Waals surface area contributed by atoms with Crippen LogP contribution < -0.4 is 4.80 Å². The van der Waals surface area contributed by atoms with Crippen LogP contribution in [0.4, 0.5) is 4.39 Å². The van der Waals surface area contributed by atoms with Gasteiger partial charge in [-0.25, -0.2) is 4.39 Å². The quantitative estimate of drug-likeness (QED) is 0.626. The van der Waals surface area contributed by atoms with Crippen molar-refractivity contribution in [3.63, 3.8) is 0 Å². The number of amides is 1. The van der Waals surface area contributed by atoms with E-state index in [1.165, 1.54) is 17.7 Å². The SMILES string of the molecule is CCc1ccc2c(c1)sc(=NC(=O)Cc1ccc(F)cc1)n2CCSC. The van der Waals surface area contributed by atoms with Gasteiger partial charge in [0, 0.05) is 12.3 Å². The maximum Gasteiger partial charge on any atom is 0.252 e. The first-order chi connectivity index (χ1) is 12.6. The van der Waals surface area contributed by atoms with Gasteiger partial charge in [0.05, 0.1) is 16.6 Å². The number of fused-ring (bicyclic) bond motifs is 1. The first-order valence-electron chi connectivity index (χ1n) is 8.54. The normalized spacial score (nSPS) is 12.0. The Morgan fingerprint density at radius 2 is 1.92 bits per heavy atom. The van der Waals surface area contributed by atoms with Crippen molar-refractivity contribution in [2.45, 2.75) is 26.3 Å². The number of carbonyl (C=O) groups is 1. The van der Waals surface area contributed by atoms with E-state index in [9.17, 15) is 9.18 Å². The molecule has 0 radical (unpaired) electrons. The lowest BCUT2D eigenvalue weighted by Crippen LogP contribution is -2.18. The van der Waals surface area contributed by atoms with Gasteiger partial charge in [0.15, 0.2) is 4.80 Å². The highest BCUT2D eigenvalue weighted by Gasteiger charge is 2.09. The van der Waals surface area contributed by atoms with Crippen LogP contribution in [0.2, 0.25) is 0 Å². The maximum atomic E-state index is 13.0. The van der Waals surface area contributed by atoms with E-state index < -0.39 is 0 Å². The molecule has 3 rings (SSSR count). The van der Waals surface area contributed by atoms with Gasteiger partial charge >= 0.3 is 0 Å². The second-order valence-corrected chi connectivity index (χ2v) is 7.99. The molecule has 3 aromatic rings. The van der Waals surface area contributed by atoms with Crippen LogP contribution in [0.15, 0.2) is 47.5 Å². The van der Waals surface area contributed by atoms with Gasteiger partial charge in [-0.15, -0.1) is 0 Å². The average molecular weight is 389 g/mol. The zero-order valence-electron chi connectivity index (χ0n) is 14.9. The minimum absolute atomic E-state index is 0.178. The lowest BCUT2D eigenvalue weighted by Gasteiger charge is -2.04. The van der Waals surface area contributed by atoms with Gasteiger partial charge in [-0.05, 0) is 48.1 Å². The van der Waals surface area contributed by atoms with E-state index in [0.717, 1.165) is 39.3 Å². The molecule has 0 saturated carbocycles. The molecule has 0 aliphatic rings. The van der Waals surface area contributed by atoms with Crippen LogP contribution >= 0.6 is 23.1 Å². The van der Waals surface area contributed by atoms with Crippen molar-refractivity contribution in [2.24, 2.45) is 4.99 Å². The molecule has 0 bridgehead atoms. The number of thiazole rings is 1. The van der Waals surface area contributed by atoms with E-state index in [1.54, 1.807) is 35.2 Å². The number of nitrogens with zero attached hydrogens (tertiary/aromatic N) is 2. The maximum absolute atomic E-state index is 13.0. The molecule has 1 aromatic heterocycles. The lowest BCUT2D eigenvalue weighted by atomic mass is 10.1. The molecule has 0 spiro atoms. The summed E-state index contributed by atoms with van der Waals surface area (Å²) in [5.41, 5.74) is 3.17. The number of aromatic nitrogens is 1. The Morgan fingerprint density at radius 3 is 2.62 bits per heavy atom. The third-order valence-corrected chi connectivity index (χ3v) is 5.80. The Morgan fingerprint density at radius 1 is 1.19 bits per heavy atom. The fourth-order valence-electron chi connectivity index (χ4n) is 2.74. The summed E-state index contributed by atoms with van der Waals surface area (Å²) >= 11 is 3.32. The number of halogens is 1. The average Bonchev–Trinajstić information content (AvgIpc) is 2.97. The van der Waals surface area contributed by atoms with Crippen molar-refractivity contribution in [3.05, 3.63) is 64.2 Å². The van der Waals surface area contributed by atoms with Gasteiger partial charge in [-0.3, -0.25) is 4.79 Å². The number of hydrogen-bond donors (Lipinski definition) is 0. The molecule has 1 amide bonds. The Bertz CT molecular complexity index is 974. The second-order valence-electron chi connectivity index (χ2n) is 5.99. The number of rotatable bonds is 6. The molecular weight excluding hydrogens is 367 g/mol. The summed E-state index contributed by atoms with van der Waals surface area (Å²) in [5.74, 6) is 0.446. The Balaban J connectivity index is 1.96. The predicted octanol–water partition coefficient (Wildman–Crippen LogP) is 4.44. The van der Waals surface area contributed by atoms with Crippen LogP contribution in [0.25, 0.3) is 10.2 Å². The lowest BCUT2D eigenvalue weighted by molar-refractivity contribution is -0.117. The first kappa shape index (κ1) is 18.9. The molecule has 1 heterocycles. The number of thioether (sulfide) groups is 1. The highest BCUT2D eigenvalue weighted by Crippen LogP contribution is 2.20. The fraction of sp³-hybridized carbons (Fsp3) is 0.300. The van der Waals surface area contributed by atoms with Crippen LogP contribution in [-0.4, -0.2) is 22.5 Å². The Hall–Kier alpha value is -1.92. The summed E-state index contributed by atoms with van der Waals surface area (Å²) < 4.78 is 16.3. The van der Waals surface area contributed by atoms with Crippen molar-refractivity contribution in [1.82, 2.24) is 4.57 Å². The molecule has 136 valence electrons. The molecule has 0 N–H and O–H groups in total. The number of benzene rings is 2. The van der Waals surface area contributed by atoms with E-state index in [2.05, 4.69) is 40.9 Å². The molecule has 26 heavy (non-hydrogen) atoms. The van der Waals surface area contributed by atoms with Crippen LogP contribution in [0.3, 0.4) is 0 Å². The Labute approximate surface area is 160 Å². The molecule has 0 fully saturated rings. The first-order valence-corrected chi connectivity index (χ1v) is 10.7. The summed E-state index contributed by atoms with van der Waals surface area (Å²) in [6.07, 6.45) is 3.23. The topological polar surface area (TPSA) is 34.4 Å². The monoisotopic (exact) mass is 388 g/mol. The van der Waals surface area contributed by atoms with Gasteiger partial charge in [0.1, 0.15) is 5.82 Å². The summed E-state index contributed by atoms with van der Waals surface area (Å²) in [7, 11) is 0. The molecule has 0 saturated heterocycles. The second kappa shape index (κ2) is 8.64. The van der Waals surface area contributed by atoms with Gasteiger partial charge in [0.25, 0.3) is 5.91 Å². The van der Waals surface area contributed by atoms with E-state index in [4.69, 9.17) is 0 Å². The van der Waals surface area contributed by atoms with Gasteiger partial charge in [-0.1, -0.05) is 36.5 Å². The van der Waals surface area contributed by atoms with Crippen molar-refractivity contribution in [2.75, 3.05) is 12.0 Å². The van der Waals surface area contributed by atoms with Gasteiger partial charge in [-0.2, -0.15) is 16.8 Å². The molecule has 6 heteroatoms. The summed E-state index contributed by atoms with van der Waals surface area (Å²) in [5, 5.41) is 0. The predicted molar refractivity (Wildman–Crippen MR) is 108 cm³/mol.